The molecule has 0 amide bonds. The molecule has 0 aromatic carbocycles. The molecule has 0 fully saturated rings. The number of aliphatic hydroxyl groups excluding tert-OH is 1. The maximum atomic E-state index is 10.0. The zero-order chi connectivity index (χ0) is 13.7. The van der Waals surface area contributed by atoms with Gasteiger partial charge < -0.3 is 15.7 Å². The average Bonchev–Trinajstić information content (AvgIpc) is 2.54. The highest BCUT2D eigenvalue weighted by Gasteiger charge is 2.13. The van der Waals surface area contributed by atoms with Gasteiger partial charge in [0.1, 0.15) is 0 Å². The number of aliphatic hydroxyl groups is 1. The van der Waals surface area contributed by atoms with Crippen molar-refractivity contribution in [1.29, 1.82) is 0 Å². The number of rotatable bonds is 7. The molecule has 104 valence electrons. The Morgan fingerprint density at radius 3 is 2.67 bits per heavy atom. The van der Waals surface area contributed by atoms with E-state index in [9.17, 15) is 5.11 Å². The number of likely N-dealkylation sites (N-methyl/N-ethyl adjacent to an activating group) is 1. The summed E-state index contributed by atoms with van der Waals surface area (Å²) in [6.07, 6.45) is 1.66. The van der Waals surface area contributed by atoms with Crippen molar-refractivity contribution in [3.05, 3.63) is 11.4 Å². The first kappa shape index (κ1) is 15.3. The van der Waals surface area contributed by atoms with E-state index in [1.807, 2.05) is 32.7 Å². The van der Waals surface area contributed by atoms with Crippen LogP contribution in [-0.4, -0.2) is 58.0 Å². The molecular weight excluding hydrogens is 248 g/mol. The normalized spacial score (nSPS) is 13.2. The van der Waals surface area contributed by atoms with Gasteiger partial charge in [0.05, 0.1) is 29.7 Å². The summed E-state index contributed by atoms with van der Waals surface area (Å²) < 4.78 is 1.79. The Morgan fingerprint density at radius 1 is 1.50 bits per heavy atom. The molecule has 6 heteroatoms. The van der Waals surface area contributed by atoms with Gasteiger partial charge in [-0.1, -0.05) is 0 Å². The molecule has 1 heterocycles. The Morgan fingerprint density at radius 2 is 2.17 bits per heavy atom. The standard InChI is InChI=1S/C12H24N4OS/c1-9-12(13)10(2)16(14-9)8-11(17)7-15(3)5-6-18-4/h11,17H,5-8,13H2,1-4H3. The summed E-state index contributed by atoms with van der Waals surface area (Å²) in [5.74, 6) is 1.08. The van der Waals surface area contributed by atoms with Gasteiger partial charge >= 0.3 is 0 Å². The minimum atomic E-state index is -0.422. The minimum Gasteiger partial charge on any atom is -0.396 e. The zero-order valence-electron chi connectivity index (χ0n) is 11.7. The van der Waals surface area contributed by atoms with Crippen LogP contribution in [0.3, 0.4) is 0 Å². The molecule has 0 aliphatic heterocycles. The Kier molecular flexibility index (Phi) is 5.98. The zero-order valence-corrected chi connectivity index (χ0v) is 12.5. The van der Waals surface area contributed by atoms with Crippen LogP contribution < -0.4 is 5.73 Å². The molecule has 1 aromatic heterocycles. The topological polar surface area (TPSA) is 67.3 Å². The molecule has 5 nitrogen and oxygen atoms in total. The summed E-state index contributed by atoms with van der Waals surface area (Å²) in [6.45, 7) is 5.94. The highest BCUT2D eigenvalue weighted by atomic mass is 32.2. The van der Waals surface area contributed by atoms with Crippen LogP contribution in [0, 0.1) is 13.8 Å². The quantitative estimate of drug-likeness (QED) is 0.766. The Labute approximate surface area is 113 Å². The van der Waals surface area contributed by atoms with Crippen molar-refractivity contribution in [3.63, 3.8) is 0 Å². The van der Waals surface area contributed by atoms with Crippen molar-refractivity contribution in [1.82, 2.24) is 14.7 Å². The summed E-state index contributed by atoms with van der Waals surface area (Å²) in [7, 11) is 2.02. The van der Waals surface area contributed by atoms with Crippen molar-refractivity contribution >= 4 is 17.4 Å². The molecule has 1 atom stereocenters. The van der Waals surface area contributed by atoms with Gasteiger partial charge in [-0.2, -0.15) is 16.9 Å². The number of hydrogen-bond acceptors (Lipinski definition) is 5. The lowest BCUT2D eigenvalue weighted by molar-refractivity contribution is 0.108. The van der Waals surface area contributed by atoms with Crippen molar-refractivity contribution in [2.45, 2.75) is 26.5 Å². The van der Waals surface area contributed by atoms with E-state index < -0.39 is 6.10 Å². The highest BCUT2D eigenvalue weighted by Crippen LogP contribution is 2.15. The molecule has 1 rings (SSSR count). The van der Waals surface area contributed by atoms with Gasteiger partial charge in [-0.3, -0.25) is 4.68 Å². The summed E-state index contributed by atoms with van der Waals surface area (Å²) in [4.78, 5) is 2.14. The molecule has 1 aromatic rings. The van der Waals surface area contributed by atoms with E-state index in [1.54, 1.807) is 4.68 Å². The molecule has 0 bridgehead atoms. The van der Waals surface area contributed by atoms with Gasteiger partial charge in [0.25, 0.3) is 0 Å². The lowest BCUT2D eigenvalue weighted by Gasteiger charge is -2.20. The summed E-state index contributed by atoms with van der Waals surface area (Å²) in [5.41, 5.74) is 8.35. The van der Waals surface area contributed by atoms with Crippen LogP contribution in [0.1, 0.15) is 11.4 Å². The number of nitrogen functional groups attached to an aromatic ring is 1. The Balaban J connectivity index is 2.49. The molecule has 0 saturated heterocycles. The fourth-order valence-electron chi connectivity index (χ4n) is 1.84. The van der Waals surface area contributed by atoms with E-state index in [0.29, 0.717) is 13.1 Å². The second kappa shape index (κ2) is 7.01. The SMILES string of the molecule is CSCCN(C)CC(O)Cn1nc(C)c(N)c1C. The van der Waals surface area contributed by atoms with E-state index >= 15 is 0 Å². The van der Waals surface area contributed by atoms with Crippen LogP contribution >= 0.6 is 11.8 Å². The van der Waals surface area contributed by atoms with Crippen LogP contribution in [0.2, 0.25) is 0 Å². The lowest BCUT2D eigenvalue weighted by Crippen LogP contribution is -2.33. The van der Waals surface area contributed by atoms with Gasteiger partial charge in [0.2, 0.25) is 0 Å². The number of aryl methyl sites for hydroxylation is 1. The molecule has 18 heavy (non-hydrogen) atoms. The number of nitrogens with two attached hydrogens (primary N) is 1. The second-order valence-electron chi connectivity index (χ2n) is 4.68. The van der Waals surface area contributed by atoms with Crippen molar-refractivity contribution in [3.8, 4) is 0 Å². The van der Waals surface area contributed by atoms with Gasteiger partial charge in [-0.25, -0.2) is 0 Å². The van der Waals surface area contributed by atoms with Gasteiger partial charge in [-0.15, -0.1) is 0 Å². The van der Waals surface area contributed by atoms with Crippen molar-refractivity contribution in [2.75, 3.05) is 37.9 Å². The third-order valence-corrected chi connectivity index (χ3v) is 3.61. The second-order valence-corrected chi connectivity index (χ2v) is 5.66. The van der Waals surface area contributed by atoms with Gasteiger partial charge in [0.15, 0.2) is 0 Å². The molecular formula is C12H24N4OS. The molecule has 1 unspecified atom stereocenters. The van der Waals surface area contributed by atoms with E-state index in [0.717, 1.165) is 29.4 Å². The van der Waals surface area contributed by atoms with Crippen LogP contribution in [-0.2, 0) is 6.54 Å². The summed E-state index contributed by atoms with van der Waals surface area (Å²) in [6, 6.07) is 0. The van der Waals surface area contributed by atoms with Crippen molar-refractivity contribution < 1.29 is 5.11 Å². The lowest BCUT2D eigenvalue weighted by atomic mass is 10.3. The maximum absolute atomic E-state index is 10.0. The van der Waals surface area contributed by atoms with Gasteiger partial charge in [-0.05, 0) is 27.2 Å². The predicted molar refractivity (Wildman–Crippen MR) is 78.0 cm³/mol. The fraction of sp³-hybridized carbons (Fsp3) is 0.750. The number of nitrogens with zero attached hydrogens (tertiary/aromatic N) is 3. The van der Waals surface area contributed by atoms with E-state index in [-0.39, 0.29) is 0 Å². The molecule has 0 aliphatic carbocycles. The van der Waals surface area contributed by atoms with E-state index in [2.05, 4.69) is 16.3 Å². The van der Waals surface area contributed by atoms with Gasteiger partial charge in [0, 0.05) is 18.8 Å². The maximum Gasteiger partial charge on any atom is 0.0862 e. The third-order valence-electron chi connectivity index (χ3n) is 3.02. The van der Waals surface area contributed by atoms with Crippen LogP contribution in [0.4, 0.5) is 5.69 Å². The largest absolute Gasteiger partial charge is 0.396 e. The number of thioether (sulfide) groups is 1. The molecule has 0 saturated carbocycles. The van der Waals surface area contributed by atoms with Crippen LogP contribution in [0.15, 0.2) is 0 Å². The molecule has 0 radical (unpaired) electrons. The Bertz CT molecular complexity index is 380. The number of hydrogen-bond donors (Lipinski definition) is 2. The van der Waals surface area contributed by atoms with Crippen molar-refractivity contribution in [2.24, 2.45) is 0 Å². The summed E-state index contributed by atoms with van der Waals surface area (Å²) in [5, 5.41) is 14.4. The first-order valence-corrected chi connectivity index (χ1v) is 7.50. The first-order valence-electron chi connectivity index (χ1n) is 6.10. The van der Waals surface area contributed by atoms with Crippen LogP contribution in [0.25, 0.3) is 0 Å². The first-order chi connectivity index (χ1) is 8.45. The van der Waals surface area contributed by atoms with Crippen LogP contribution in [0.5, 0.6) is 0 Å². The predicted octanol–water partition coefficient (Wildman–Crippen LogP) is 0.738. The smallest absolute Gasteiger partial charge is 0.0862 e. The average molecular weight is 272 g/mol. The number of aromatic nitrogens is 2. The number of anilines is 1. The molecule has 0 aliphatic rings. The molecule has 3 N–H and O–H groups in total. The van der Waals surface area contributed by atoms with E-state index in [4.69, 9.17) is 5.73 Å². The minimum absolute atomic E-state index is 0.422. The Hall–Kier alpha value is -0.720. The monoisotopic (exact) mass is 272 g/mol. The highest BCUT2D eigenvalue weighted by molar-refractivity contribution is 7.98. The fourth-order valence-corrected chi connectivity index (χ4v) is 2.34. The third kappa shape index (κ3) is 4.19. The van der Waals surface area contributed by atoms with E-state index in [1.165, 1.54) is 0 Å². The molecule has 0 spiro atoms. The summed E-state index contributed by atoms with van der Waals surface area (Å²) >= 11 is 1.81.